The summed E-state index contributed by atoms with van der Waals surface area (Å²) in [6.45, 7) is -0.402. The van der Waals surface area contributed by atoms with E-state index >= 15 is 0 Å². The van der Waals surface area contributed by atoms with Gasteiger partial charge in [0.2, 0.25) is 41.4 Å². The second kappa shape index (κ2) is 26.5. The maximum Gasteiger partial charge on any atom is 0.399 e. The summed E-state index contributed by atoms with van der Waals surface area (Å²) in [5.74, 6) is 0.0504. The first-order valence-electron chi connectivity index (χ1n) is 28.1. The Bertz CT molecular complexity index is 3440. The normalized spacial score (nSPS) is 21.2. The lowest BCUT2D eigenvalue weighted by molar-refractivity contribution is -0.144. The molecular weight excluding hydrogens is 1170 g/mol. The van der Waals surface area contributed by atoms with Crippen molar-refractivity contribution >= 4 is 82.2 Å². The average molecular weight is 1240 g/mol. The molecule has 0 bridgehead atoms. The smallest absolute Gasteiger partial charge is 0.370 e. The predicted octanol–water partition coefficient (Wildman–Crippen LogP) is 4.01. The molecule has 1 aromatic heterocycles. The number of benzene rings is 3. The molecule has 8 N–H and O–H groups in total. The van der Waals surface area contributed by atoms with Crippen molar-refractivity contribution in [3.63, 3.8) is 0 Å². The summed E-state index contributed by atoms with van der Waals surface area (Å²) in [5.41, 5.74) is 2.25. The SMILES string of the molecule is NC(=O)CC[C@H](NC(=O)[C@@H]1CC[C@@H]2CCN(CC(F)F)C[C@H](NC(=O)c3cc4cc(C(F)(F)P(=O)(O)O)ccc4s3)C(=O)N21)C(=O)N[C@@H](Cc1ccc(F)cc1)C(=O)N1CCC(CCC#Cc2cccc3c2CN(C2CCC(=O)NC2=O)C3=O)CC1. The van der Waals surface area contributed by atoms with E-state index in [2.05, 4.69) is 33.1 Å². The van der Waals surface area contributed by atoms with Crippen LogP contribution in [0.2, 0.25) is 0 Å². The number of alkyl halides is 4. The van der Waals surface area contributed by atoms with Crippen molar-refractivity contribution in [3.8, 4) is 11.8 Å². The number of fused-ring (bicyclic) bond motifs is 3. The number of amides is 9. The minimum absolute atomic E-state index is 0.0106. The summed E-state index contributed by atoms with van der Waals surface area (Å²) in [7, 11) is -5.94. The van der Waals surface area contributed by atoms with Crippen molar-refractivity contribution in [3.05, 3.63) is 105 Å². The monoisotopic (exact) mass is 1240 g/mol. The van der Waals surface area contributed by atoms with Gasteiger partial charge in [0.1, 0.15) is 36.0 Å². The Kier molecular flexibility index (Phi) is 19.4. The van der Waals surface area contributed by atoms with E-state index in [0.29, 0.717) is 61.0 Å². The molecule has 21 nitrogen and oxygen atoms in total. The number of likely N-dealkylation sites (tertiary alicyclic amines) is 1. The lowest BCUT2D eigenvalue weighted by atomic mass is 9.91. The van der Waals surface area contributed by atoms with E-state index in [-0.39, 0.29) is 90.7 Å². The van der Waals surface area contributed by atoms with Gasteiger partial charge in [0, 0.05) is 85.8 Å². The Labute approximate surface area is 494 Å². The highest BCUT2D eigenvalue weighted by Gasteiger charge is 2.51. The van der Waals surface area contributed by atoms with Gasteiger partial charge in [-0.2, -0.15) is 8.78 Å². The Morgan fingerprint density at radius 3 is 2.34 bits per heavy atom. The van der Waals surface area contributed by atoms with Crippen LogP contribution in [0.1, 0.15) is 113 Å². The molecule has 5 aliphatic heterocycles. The third kappa shape index (κ3) is 14.4. The first kappa shape index (κ1) is 62.9. The van der Waals surface area contributed by atoms with E-state index in [1.807, 2.05) is 6.07 Å². The first-order chi connectivity index (χ1) is 40.8. The van der Waals surface area contributed by atoms with Crippen LogP contribution in [0.3, 0.4) is 0 Å². The van der Waals surface area contributed by atoms with Gasteiger partial charge in [0.25, 0.3) is 18.2 Å². The molecule has 9 rings (SSSR count). The van der Waals surface area contributed by atoms with Crippen LogP contribution in [0.15, 0.2) is 66.7 Å². The summed E-state index contributed by atoms with van der Waals surface area (Å²) in [6.07, 6.45) is -0.598. The third-order valence-corrected chi connectivity index (χ3v) is 18.5. The fourth-order valence-corrected chi connectivity index (χ4v) is 13.3. The Hall–Kier alpha value is -7.63. The molecule has 5 aliphatic rings. The molecule has 1 unspecified atom stereocenters. The zero-order valence-electron chi connectivity index (χ0n) is 46.3. The molecule has 0 aliphatic carbocycles. The molecule has 28 heteroatoms. The highest BCUT2D eigenvalue weighted by molar-refractivity contribution is 7.52. The number of primary amides is 1. The van der Waals surface area contributed by atoms with Gasteiger partial charge >= 0.3 is 13.3 Å². The molecule has 0 radical (unpaired) electrons. The molecular formula is C58H63F5N9O12PS. The van der Waals surface area contributed by atoms with E-state index < -0.39 is 128 Å². The van der Waals surface area contributed by atoms with Crippen LogP contribution in [-0.2, 0) is 56.8 Å². The Balaban J connectivity index is 0.857. The Morgan fingerprint density at radius 2 is 1.64 bits per heavy atom. The van der Waals surface area contributed by atoms with E-state index in [1.165, 1.54) is 45.0 Å². The van der Waals surface area contributed by atoms with Crippen LogP contribution >= 0.6 is 18.9 Å². The van der Waals surface area contributed by atoms with Crippen molar-refractivity contribution in [2.75, 3.05) is 32.7 Å². The molecule has 4 fully saturated rings. The topological polar surface area (TPSA) is 298 Å². The number of nitrogens with one attached hydrogen (secondary N) is 4. The van der Waals surface area contributed by atoms with Gasteiger partial charge < -0.3 is 46.2 Å². The molecule has 3 aromatic carbocycles. The molecule has 4 saturated heterocycles. The Morgan fingerprint density at radius 1 is 0.895 bits per heavy atom. The van der Waals surface area contributed by atoms with Crippen molar-refractivity contribution in [2.45, 2.75) is 132 Å². The number of halogens is 5. The number of hydrogen-bond acceptors (Lipinski definition) is 12. The van der Waals surface area contributed by atoms with Crippen LogP contribution in [0.4, 0.5) is 22.0 Å². The number of carbonyl (C=O) groups is 9. The minimum atomic E-state index is -5.94. The van der Waals surface area contributed by atoms with Crippen molar-refractivity contribution < 1.29 is 79.5 Å². The highest BCUT2D eigenvalue weighted by Crippen LogP contribution is 2.59. The van der Waals surface area contributed by atoms with Crippen molar-refractivity contribution in [1.29, 1.82) is 0 Å². The second-order valence-corrected chi connectivity index (χ2v) is 24.9. The minimum Gasteiger partial charge on any atom is -0.370 e. The molecule has 6 atom stereocenters. The standard InChI is InChI=1S/C58H63F5N9O12PS/c59-37-11-8-33(9-12-37)26-42(56(80)70-24-20-32(21-25-70)4-1-2-5-34-6-3-7-39-40(34)29-71(55(39)79)44-16-19-50(74)68-52(44)76)66-51(75)41(14-18-49(64)73)65-53(77)45-15-13-38-22-23-69(31-48(60)61)30-43(57(81)72(38)45)67-54(78)47-28-35-27-36(10-17-46(35)86-47)58(62,63)85(82,83)84/h3,6-12,17,27-28,32,38,41-45,48H,1,4,13-16,18-26,29-31H2,(H2,64,73)(H,65,77)(H,66,75)(H,67,78)(H,68,74,76)(H2,82,83,84)/t38-,41+,42+,43+,44?,45+/m1/s1. The lowest BCUT2D eigenvalue weighted by Crippen LogP contribution is -2.62. The number of piperidine rings is 2. The maximum atomic E-state index is 14.7. The number of rotatable bonds is 19. The maximum absolute atomic E-state index is 14.7. The average Bonchev–Trinajstić information content (AvgIpc) is 3.14. The zero-order valence-corrected chi connectivity index (χ0v) is 48.0. The van der Waals surface area contributed by atoms with Gasteiger partial charge in [-0.15, -0.1) is 11.3 Å². The first-order valence-corrected chi connectivity index (χ1v) is 30.6. The number of nitrogens with zero attached hydrogens (tertiary/aromatic N) is 4. The van der Waals surface area contributed by atoms with Gasteiger partial charge in [-0.05, 0) is 116 Å². The van der Waals surface area contributed by atoms with Crippen LogP contribution in [0.5, 0.6) is 0 Å². The second-order valence-electron chi connectivity index (χ2n) is 22.2. The molecule has 86 heavy (non-hydrogen) atoms. The zero-order chi connectivity index (χ0) is 61.8. The third-order valence-electron chi connectivity index (χ3n) is 16.4. The predicted molar refractivity (Wildman–Crippen MR) is 300 cm³/mol. The van der Waals surface area contributed by atoms with Gasteiger partial charge in [-0.3, -0.25) is 57.9 Å². The summed E-state index contributed by atoms with van der Waals surface area (Å²) in [6, 6.07) is 7.35. The van der Waals surface area contributed by atoms with E-state index in [9.17, 15) is 79.5 Å². The molecule has 0 saturated carbocycles. The molecule has 458 valence electrons. The number of imide groups is 1. The summed E-state index contributed by atoms with van der Waals surface area (Å²) in [4.78, 5) is 146. The van der Waals surface area contributed by atoms with E-state index in [1.54, 1.807) is 17.0 Å². The highest BCUT2D eigenvalue weighted by atomic mass is 32.1. The van der Waals surface area contributed by atoms with E-state index in [4.69, 9.17) is 5.73 Å². The summed E-state index contributed by atoms with van der Waals surface area (Å²) < 4.78 is 82.9. The van der Waals surface area contributed by atoms with E-state index in [0.717, 1.165) is 29.5 Å². The lowest BCUT2D eigenvalue weighted by Gasteiger charge is -2.38. The quantitative estimate of drug-likeness (QED) is 0.0303. The summed E-state index contributed by atoms with van der Waals surface area (Å²) >= 11 is 0.799. The van der Waals surface area contributed by atoms with Gasteiger partial charge in [0.15, 0.2) is 0 Å². The fraction of sp³-hybridized carbons (Fsp3) is 0.466. The molecule has 6 heterocycles. The van der Waals surface area contributed by atoms with Crippen molar-refractivity contribution in [1.82, 2.24) is 40.9 Å². The van der Waals surface area contributed by atoms with Gasteiger partial charge in [-0.25, -0.2) is 13.2 Å². The van der Waals surface area contributed by atoms with Crippen molar-refractivity contribution in [2.24, 2.45) is 11.7 Å². The summed E-state index contributed by atoms with van der Waals surface area (Å²) in [5, 5.41) is 10.3. The number of nitrogens with two attached hydrogens (primary N) is 1. The molecule has 0 spiro atoms. The number of thiophene rings is 1. The molecule has 9 amide bonds. The number of hydrogen-bond donors (Lipinski definition) is 7. The van der Waals surface area contributed by atoms with Crippen LogP contribution < -0.4 is 27.0 Å². The van der Waals surface area contributed by atoms with Crippen LogP contribution in [-0.4, -0.2) is 158 Å². The number of carbonyl (C=O) groups excluding carboxylic acids is 9. The van der Waals surface area contributed by atoms with Crippen LogP contribution in [0, 0.1) is 23.6 Å². The molecule has 4 aromatic rings. The van der Waals surface area contributed by atoms with Crippen LogP contribution in [0.25, 0.3) is 10.1 Å². The largest absolute Gasteiger partial charge is 0.399 e. The van der Waals surface area contributed by atoms with Gasteiger partial charge in [0.05, 0.1) is 11.4 Å². The van der Waals surface area contributed by atoms with Gasteiger partial charge in [-0.1, -0.05) is 36.1 Å². The fourth-order valence-electron chi connectivity index (χ4n) is 11.9.